The molecule has 2 nitrogen and oxygen atoms in total. The van der Waals surface area contributed by atoms with Gasteiger partial charge in [0.2, 0.25) is 0 Å². The third kappa shape index (κ3) is 2.30. The Bertz CT molecular complexity index is 477. The number of nitrogens with zero attached hydrogens (tertiary/aromatic N) is 1. The number of nitrogens with one attached hydrogen (secondary N) is 1. The van der Waals surface area contributed by atoms with E-state index in [1.54, 1.807) is 11.3 Å². The normalized spacial score (nSPS) is 31.0. The molecule has 2 aliphatic rings. The Balaban J connectivity index is 1.76. The van der Waals surface area contributed by atoms with E-state index in [0.29, 0.717) is 12.1 Å². The molecule has 2 aliphatic carbocycles. The van der Waals surface area contributed by atoms with Crippen LogP contribution in [0.15, 0.2) is 6.07 Å². The summed E-state index contributed by atoms with van der Waals surface area (Å²) in [5.74, 6) is 0.199. The van der Waals surface area contributed by atoms with Crippen molar-refractivity contribution >= 4 is 22.9 Å². The van der Waals surface area contributed by atoms with Crippen LogP contribution in [-0.4, -0.2) is 6.04 Å². The summed E-state index contributed by atoms with van der Waals surface area (Å²) < 4.78 is 0.900. The van der Waals surface area contributed by atoms with Crippen LogP contribution in [-0.2, 0) is 6.42 Å². The maximum absolute atomic E-state index is 9.16. The molecule has 1 aromatic heterocycles. The fraction of sp³-hybridized carbons (Fsp3) is 0.643. The van der Waals surface area contributed by atoms with Gasteiger partial charge in [0, 0.05) is 17.0 Å². The molecule has 1 N–H and O–H groups in total. The summed E-state index contributed by atoms with van der Waals surface area (Å²) in [5.41, 5.74) is 1.39. The Morgan fingerprint density at radius 3 is 3.06 bits per heavy atom. The summed E-state index contributed by atoms with van der Waals surface area (Å²) in [5, 5.41) is 12.9. The van der Waals surface area contributed by atoms with Crippen molar-refractivity contribution in [1.82, 2.24) is 5.32 Å². The molecule has 0 spiro atoms. The van der Waals surface area contributed by atoms with Gasteiger partial charge in [-0.1, -0.05) is 18.0 Å². The van der Waals surface area contributed by atoms with Crippen molar-refractivity contribution in [1.29, 1.82) is 5.26 Å². The Morgan fingerprint density at radius 2 is 2.22 bits per heavy atom. The summed E-state index contributed by atoms with van der Waals surface area (Å²) in [4.78, 5) is 1.44. The van der Waals surface area contributed by atoms with Gasteiger partial charge in [-0.05, 0) is 43.7 Å². The highest BCUT2D eigenvalue weighted by molar-refractivity contribution is 7.16. The SMILES string of the molecule is N#CC1CCCC1NC1CCCc2sc(Cl)cc21. The largest absolute Gasteiger partial charge is 0.306 e. The Kier molecular flexibility index (Phi) is 3.61. The second-order valence-corrected chi connectivity index (χ2v) is 7.08. The maximum Gasteiger partial charge on any atom is 0.0934 e. The van der Waals surface area contributed by atoms with Gasteiger partial charge < -0.3 is 5.32 Å². The van der Waals surface area contributed by atoms with Crippen molar-refractivity contribution in [3.8, 4) is 6.07 Å². The number of hydrogen-bond acceptors (Lipinski definition) is 3. The minimum absolute atomic E-state index is 0.199. The van der Waals surface area contributed by atoms with Crippen molar-refractivity contribution in [3.05, 3.63) is 20.8 Å². The molecule has 18 heavy (non-hydrogen) atoms. The predicted octanol–water partition coefficient (Wildman–Crippen LogP) is 4.06. The minimum atomic E-state index is 0.199. The van der Waals surface area contributed by atoms with Crippen molar-refractivity contribution in [2.24, 2.45) is 5.92 Å². The summed E-state index contributed by atoms with van der Waals surface area (Å²) in [6.45, 7) is 0. The summed E-state index contributed by atoms with van der Waals surface area (Å²) in [7, 11) is 0. The summed E-state index contributed by atoms with van der Waals surface area (Å²) in [6.07, 6.45) is 6.94. The molecular weight excluding hydrogens is 264 g/mol. The van der Waals surface area contributed by atoms with Crippen LogP contribution in [0, 0.1) is 17.2 Å². The van der Waals surface area contributed by atoms with Crippen LogP contribution in [0.2, 0.25) is 4.34 Å². The number of aryl methyl sites for hydroxylation is 1. The first-order valence-electron chi connectivity index (χ1n) is 6.71. The van der Waals surface area contributed by atoms with Crippen LogP contribution in [0.4, 0.5) is 0 Å². The highest BCUT2D eigenvalue weighted by atomic mass is 35.5. The van der Waals surface area contributed by atoms with Crippen LogP contribution in [0.3, 0.4) is 0 Å². The standard InChI is InChI=1S/C14H17ClN2S/c15-14-7-10-12(5-2-6-13(10)18-14)17-11-4-1-3-9(11)8-16/h7,9,11-12,17H,1-6H2. The van der Waals surface area contributed by atoms with E-state index in [-0.39, 0.29) is 5.92 Å². The molecule has 96 valence electrons. The zero-order valence-electron chi connectivity index (χ0n) is 10.3. The lowest BCUT2D eigenvalue weighted by molar-refractivity contribution is 0.371. The summed E-state index contributed by atoms with van der Waals surface area (Å²) in [6, 6.07) is 5.36. The lowest BCUT2D eigenvalue weighted by Crippen LogP contribution is -2.36. The smallest absolute Gasteiger partial charge is 0.0934 e. The van der Waals surface area contributed by atoms with Gasteiger partial charge in [-0.2, -0.15) is 5.26 Å². The highest BCUT2D eigenvalue weighted by Crippen LogP contribution is 2.39. The Hall–Kier alpha value is -0.560. The van der Waals surface area contributed by atoms with Gasteiger partial charge in [-0.25, -0.2) is 0 Å². The third-order valence-electron chi connectivity index (χ3n) is 4.18. The van der Waals surface area contributed by atoms with Gasteiger partial charge in [0.15, 0.2) is 0 Å². The first kappa shape index (κ1) is 12.5. The van der Waals surface area contributed by atoms with Crippen molar-refractivity contribution in [3.63, 3.8) is 0 Å². The molecule has 4 heteroatoms. The van der Waals surface area contributed by atoms with Crippen molar-refractivity contribution in [2.45, 2.75) is 50.6 Å². The van der Waals surface area contributed by atoms with E-state index in [4.69, 9.17) is 16.9 Å². The molecule has 0 radical (unpaired) electrons. The van der Waals surface area contributed by atoms with Crippen molar-refractivity contribution < 1.29 is 0 Å². The second-order valence-electron chi connectivity index (χ2n) is 5.31. The molecule has 3 atom stereocenters. The molecule has 1 saturated carbocycles. The van der Waals surface area contributed by atoms with Gasteiger partial charge in [-0.3, -0.25) is 0 Å². The van der Waals surface area contributed by atoms with Crippen LogP contribution in [0.5, 0.6) is 0 Å². The zero-order valence-corrected chi connectivity index (χ0v) is 11.9. The molecule has 1 aromatic rings. The van der Waals surface area contributed by atoms with Crippen LogP contribution < -0.4 is 5.32 Å². The molecule has 1 heterocycles. The molecule has 3 unspecified atom stereocenters. The summed E-state index contributed by atoms with van der Waals surface area (Å²) >= 11 is 7.85. The maximum atomic E-state index is 9.16. The first-order valence-corrected chi connectivity index (χ1v) is 7.91. The average molecular weight is 281 g/mol. The van der Waals surface area contributed by atoms with E-state index in [2.05, 4.69) is 17.5 Å². The van der Waals surface area contributed by atoms with Gasteiger partial charge in [0.1, 0.15) is 0 Å². The average Bonchev–Trinajstić information content (AvgIpc) is 2.94. The number of fused-ring (bicyclic) bond motifs is 1. The monoisotopic (exact) mass is 280 g/mol. The molecule has 0 aliphatic heterocycles. The first-order chi connectivity index (χ1) is 8.78. The lowest BCUT2D eigenvalue weighted by Gasteiger charge is -2.28. The topological polar surface area (TPSA) is 35.8 Å². The molecule has 0 aromatic carbocycles. The molecule has 0 bridgehead atoms. The predicted molar refractivity (Wildman–Crippen MR) is 74.9 cm³/mol. The quantitative estimate of drug-likeness (QED) is 0.887. The zero-order chi connectivity index (χ0) is 12.5. The minimum Gasteiger partial charge on any atom is -0.306 e. The van der Waals surface area contributed by atoms with Gasteiger partial charge in [0.25, 0.3) is 0 Å². The van der Waals surface area contributed by atoms with Gasteiger partial charge in [-0.15, -0.1) is 11.3 Å². The van der Waals surface area contributed by atoms with E-state index >= 15 is 0 Å². The fourth-order valence-electron chi connectivity index (χ4n) is 3.27. The van der Waals surface area contributed by atoms with E-state index in [9.17, 15) is 0 Å². The van der Waals surface area contributed by atoms with Crippen molar-refractivity contribution in [2.75, 3.05) is 0 Å². The Labute approximate surface area is 117 Å². The number of nitriles is 1. The lowest BCUT2D eigenvalue weighted by atomic mass is 9.92. The number of rotatable bonds is 2. The Morgan fingerprint density at radius 1 is 1.33 bits per heavy atom. The highest BCUT2D eigenvalue weighted by Gasteiger charge is 2.31. The molecule has 3 rings (SSSR count). The van der Waals surface area contributed by atoms with Gasteiger partial charge in [0.05, 0.1) is 16.3 Å². The number of hydrogen-bond donors (Lipinski definition) is 1. The number of thiophene rings is 1. The fourth-order valence-corrected chi connectivity index (χ4v) is 4.65. The van der Waals surface area contributed by atoms with Gasteiger partial charge >= 0.3 is 0 Å². The van der Waals surface area contributed by atoms with Crippen LogP contribution in [0.25, 0.3) is 0 Å². The van der Waals surface area contributed by atoms with E-state index in [1.807, 2.05) is 0 Å². The van der Waals surface area contributed by atoms with Crippen LogP contribution in [0.1, 0.15) is 48.6 Å². The second kappa shape index (κ2) is 5.21. The van der Waals surface area contributed by atoms with Crippen LogP contribution >= 0.6 is 22.9 Å². The number of halogens is 1. The molecule has 0 saturated heterocycles. The van der Waals surface area contributed by atoms with E-state index in [1.165, 1.54) is 29.7 Å². The van der Waals surface area contributed by atoms with E-state index in [0.717, 1.165) is 23.6 Å². The third-order valence-corrected chi connectivity index (χ3v) is 5.52. The molecular formula is C14H17ClN2S. The molecule has 0 amide bonds. The molecule has 1 fully saturated rings. The van der Waals surface area contributed by atoms with E-state index < -0.39 is 0 Å².